The molecule has 0 fully saturated rings. The maximum Gasteiger partial charge on any atom is 0.360 e. The molecular weight excluding hydrogens is 402 g/mol. The number of unbranched alkanes of at least 4 members (excludes halogenated alkanes) is 2. The third-order valence-electron chi connectivity index (χ3n) is 4.84. The van der Waals surface area contributed by atoms with Gasteiger partial charge in [-0.2, -0.15) is 0 Å². The topological polar surface area (TPSA) is 68.7 Å². The molecule has 1 heterocycles. The lowest BCUT2D eigenvalue weighted by Crippen LogP contribution is -2.10. The second-order valence-electron chi connectivity index (χ2n) is 7.07. The molecular formula is C24H26ClNO4. The highest BCUT2D eigenvalue weighted by atomic mass is 35.5. The van der Waals surface area contributed by atoms with Crippen LogP contribution in [0.25, 0.3) is 10.8 Å². The van der Waals surface area contributed by atoms with Gasteiger partial charge in [0.2, 0.25) is 0 Å². The van der Waals surface area contributed by atoms with Crippen molar-refractivity contribution in [1.29, 1.82) is 0 Å². The second-order valence-corrected chi connectivity index (χ2v) is 7.43. The Morgan fingerprint density at radius 2 is 1.80 bits per heavy atom. The number of hydrogen-bond donors (Lipinski definition) is 1. The van der Waals surface area contributed by atoms with E-state index in [0.29, 0.717) is 28.7 Å². The van der Waals surface area contributed by atoms with E-state index in [1.165, 1.54) is 0 Å². The first kappa shape index (κ1) is 21.9. The smallest absolute Gasteiger partial charge is 0.360 e. The first-order chi connectivity index (χ1) is 14.6. The van der Waals surface area contributed by atoms with Crippen LogP contribution in [0, 0.1) is 0 Å². The molecule has 0 saturated carbocycles. The first-order valence-electron chi connectivity index (χ1n) is 10.3. The number of rotatable bonds is 9. The van der Waals surface area contributed by atoms with Crippen LogP contribution < -0.4 is 4.74 Å². The number of pyridine rings is 1. The van der Waals surface area contributed by atoms with E-state index in [4.69, 9.17) is 21.1 Å². The van der Waals surface area contributed by atoms with E-state index in [1.54, 1.807) is 6.07 Å². The summed E-state index contributed by atoms with van der Waals surface area (Å²) in [4.78, 5) is 16.6. The number of nitrogens with zero attached hydrogens (tertiary/aromatic N) is 1. The third-order valence-corrected chi connectivity index (χ3v) is 5.13. The zero-order chi connectivity index (χ0) is 21.5. The van der Waals surface area contributed by atoms with Gasteiger partial charge >= 0.3 is 5.97 Å². The number of aryl methyl sites for hydroxylation is 1. The van der Waals surface area contributed by atoms with Crippen molar-refractivity contribution in [3.8, 4) is 17.2 Å². The number of aromatic hydroxyl groups is 1. The molecule has 0 saturated heterocycles. The van der Waals surface area contributed by atoms with Crippen LogP contribution in [0.15, 0.2) is 42.5 Å². The van der Waals surface area contributed by atoms with Crippen molar-refractivity contribution in [2.24, 2.45) is 0 Å². The Bertz CT molecular complexity index is 1020. The highest BCUT2D eigenvalue weighted by molar-refractivity contribution is 6.35. The molecule has 158 valence electrons. The van der Waals surface area contributed by atoms with Crippen LogP contribution in [0.3, 0.4) is 0 Å². The van der Waals surface area contributed by atoms with Crippen LogP contribution in [0.2, 0.25) is 5.15 Å². The van der Waals surface area contributed by atoms with Crippen molar-refractivity contribution in [2.45, 2.75) is 46.0 Å². The fraction of sp³-hybridized carbons (Fsp3) is 0.333. The van der Waals surface area contributed by atoms with Crippen molar-refractivity contribution in [2.75, 3.05) is 6.61 Å². The van der Waals surface area contributed by atoms with Crippen LogP contribution in [-0.4, -0.2) is 22.7 Å². The van der Waals surface area contributed by atoms with Crippen molar-refractivity contribution in [3.05, 3.63) is 58.9 Å². The van der Waals surface area contributed by atoms with Gasteiger partial charge in [0.15, 0.2) is 11.4 Å². The number of para-hydroxylation sites is 1. The van der Waals surface area contributed by atoms with Gasteiger partial charge in [-0.25, -0.2) is 9.78 Å². The summed E-state index contributed by atoms with van der Waals surface area (Å²) in [6, 6.07) is 13.0. The molecule has 2 aromatic carbocycles. The van der Waals surface area contributed by atoms with Crippen molar-refractivity contribution in [1.82, 2.24) is 4.98 Å². The lowest BCUT2D eigenvalue weighted by molar-refractivity contribution is 0.0489. The minimum absolute atomic E-state index is 0.147. The lowest BCUT2D eigenvalue weighted by atomic mass is 9.98. The highest BCUT2D eigenvalue weighted by Gasteiger charge is 2.23. The molecule has 3 rings (SSSR count). The van der Waals surface area contributed by atoms with Gasteiger partial charge in [-0.3, -0.25) is 0 Å². The fourth-order valence-corrected chi connectivity index (χ4v) is 3.48. The van der Waals surface area contributed by atoms with E-state index >= 15 is 0 Å². The zero-order valence-electron chi connectivity index (χ0n) is 17.3. The fourth-order valence-electron chi connectivity index (χ4n) is 3.23. The van der Waals surface area contributed by atoms with E-state index in [9.17, 15) is 9.90 Å². The van der Waals surface area contributed by atoms with E-state index in [-0.39, 0.29) is 23.2 Å². The van der Waals surface area contributed by atoms with Crippen molar-refractivity contribution in [3.63, 3.8) is 0 Å². The normalized spacial score (nSPS) is 10.9. The Balaban J connectivity index is 2.12. The molecule has 0 unspecified atom stereocenters. The van der Waals surface area contributed by atoms with Gasteiger partial charge in [-0.1, -0.05) is 56.5 Å². The molecule has 0 radical (unpaired) electrons. The molecule has 0 spiro atoms. The number of carbonyl (C=O) groups is 1. The second kappa shape index (κ2) is 10.3. The van der Waals surface area contributed by atoms with Crippen LogP contribution in [0.5, 0.6) is 17.2 Å². The molecule has 1 N–H and O–H groups in total. The standard InChI is InChI=1S/C24H26ClNO4/c1-3-5-12-17-19(30-16-10-8-7-9-11-16)14-13-18-20(17)22(27)21(26-23(18)25)24(28)29-15-6-4-2/h7-11,13-14,27H,3-6,12,15H2,1-2H3. The number of fused-ring (bicyclic) bond motifs is 1. The Morgan fingerprint density at radius 3 is 2.50 bits per heavy atom. The number of esters is 1. The van der Waals surface area contributed by atoms with Crippen LogP contribution in [0.1, 0.15) is 55.6 Å². The average Bonchev–Trinajstić information content (AvgIpc) is 2.75. The number of ether oxygens (including phenoxy) is 2. The summed E-state index contributed by atoms with van der Waals surface area (Å²) >= 11 is 6.39. The predicted octanol–water partition coefficient (Wildman–Crippen LogP) is 6.69. The Labute approximate surface area is 181 Å². The molecule has 0 amide bonds. The highest BCUT2D eigenvalue weighted by Crippen LogP contribution is 2.40. The summed E-state index contributed by atoms with van der Waals surface area (Å²) in [5.41, 5.74) is 0.626. The van der Waals surface area contributed by atoms with Crippen molar-refractivity contribution >= 4 is 28.3 Å². The number of hydrogen-bond acceptors (Lipinski definition) is 5. The van der Waals surface area contributed by atoms with Crippen LogP contribution in [-0.2, 0) is 11.2 Å². The average molecular weight is 428 g/mol. The summed E-state index contributed by atoms with van der Waals surface area (Å²) in [5, 5.41) is 12.2. The summed E-state index contributed by atoms with van der Waals surface area (Å²) in [6.45, 7) is 4.37. The Kier molecular flexibility index (Phi) is 7.52. The Hall–Kier alpha value is -2.79. The van der Waals surface area contributed by atoms with Gasteiger partial charge in [0.05, 0.1) is 6.61 Å². The molecule has 1 aromatic heterocycles. The molecule has 0 bridgehead atoms. The van der Waals surface area contributed by atoms with Gasteiger partial charge < -0.3 is 14.6 Å². The van der Waals surface area contributed by atoms with Gasteiger partial charge in [-0.05, 0) is 43.5 Å². The molecule has 0 atom stereocenters. The molecule has 0 aliphatic carbocycles. The molecule has 0 aliphatic rings. The SMILES string of the molecule is CCCCOC(=O)c1nc(Cl)c2ccc(Oc3ccccc3)c(CCCC)c2c1O. The zero-order valence-corrected chi connectivity index (χ0v) is 18.0. The Morgan fingerprint density at radius 1 is 1.07 bits per heavy atom. The van der Waals surface area contributed by atoms with E-state index in [1.807, 2.05) is 43.3 Å². The van der Waals surface area contributed by atoms with Crippen molar-refractivity contribution < 1.29 is 19.4 Å². The quantitative estimate of drug-likeness (QED) is 0.234. The monoisotopic (exact) mass is 427 g/mol. The minimum atomic E-state index is -0.680. The number of benzene rings is 2. The molecule has 0 aliphatic heterocycles. The largest absolute Gasteiger partial charge is 0.505 e. The molecule has 6 heteroatoms. The lowest BCUT2D eigenvalue weighted by Gasteiger charge is -2.17. The summed E-state index contributed by atoms with van der Waals surface area (Å²) in [6.07, 6.45) is 4.15. The molecule has 30 heavy (non-hydrogen) atoms. The molecule has 5 nitrogen and oxygen atoms in total. The van der Waals surface area contributed by atoms with E-state index < -0.39 is 5.97 Å². The number of halogens is 1. The minimum Gasteiger partial charge on any atom is -0.505 e. The van der Waals surface area contributed by atoms with E-state index in [2.05, 4.69) is 11.9 Å². The van der Waals surface area contributed by atoms with Gasteiger partial charge in [0, 0.05) is 16.3 Å². The summed E-state index contributed by atoms with van der Waals surface area (Å²) in [7, 11) is 0. The van der Waals surface area contributed by atoms with E-state index in [0.717, 1.165) is 31.2 Å². The van der Waals surface area contributed by atoms with Crippen LogP contribution >= 0.6 is 11.6 Å². The van der Waals surface area contributed by atoms with Crippen LogP contribution in [0.4, 0.5) is 0 Å². The predicted molar refractivity (Wildman–Crippen MR) is 119 cm³/mol. The number of carbonyl (C=O) groups excluding carboxylic acids is 1. The summed E-state index contributed by atoms with van der Waals surface area (Å²) < 4.78 is 11.3. The van der Waals surface area contributed by atoms with Gasteiger partial charge in [-0.15, -0.1) is 0 Å². The maximum atomic E-state index is 12.5. The van der Waals surface area contributed by atoms with Gasteiger partial charge in [0.1, 0.15) is 16.7 Å². The third kappa shape index (κ3) is 4.85. The first-order valence-corrected chi connectivity index (χ1v) is 10.7. The maximum absolute atomic E-state index is 12.5. The number of aromatic nitrogens is 1. The molecule has 3 aromatic rings. The van der Waals surface area contributed by atoms with Gasteiger partial charge in [0.25, 0.3) is 0 Å². The summed E-state index contributed by atoms with van der Waals surface area (Å²) in [5.74, 6) is 0.402.